The minimum atomic E-state index is -0.595. The van der Waals surface area contributed by atoms with E-state index in [4.69, 9.17) is 4.74 Å². The molecule has 0 saturated heterocycles. The van der Waals surface area contributed by atoms with Gasteiger partial charge in [-0.2, -0.15) is 0 Å². The number of methoxy groups -OCH3 is 2. The highest BCUT2D eigenvalue weighted by Gasteiger charge is 2.12. The molecule has 0 aliphatic heterocycles. The van der Waals surface area contributed by atoms with E-state index in [9.17, 15) is 14.4 Å². The Bertz CT molecular complexity index is 1110. The van der Waals surface area contributed by atoms with Gasteiger partial charge in [0, 0.05) is 10.9 Å². The van der Waals surface area contributed by atoms with E-state index in [1.807, 2.05) is 17.5 Å². The first-order valence-corrected chi connectivity index (χ1v) is 9.80. The fourth-order valence-corrected chi connectivity index (χ4v) is 3.99. The van der Waals surface area contributed by atoms with Crippen LogP contribution in [-0.4, -0.2) is 30.7 Å². The van der Waals surface area contributed by atoms with Crippen molar-refractivity contribution in [2.75, 3.05) is 14.2 Å². The van der Waals surface area contributed by atoms with Gasteiger partial charge in [-0.05, 0) is 35.7 Å². The summed E-state index contributed by atoms with van der Waals surface area (Å²) in [5, 5.41) is 1.93. The minimum absolute atomic E-state index is 0.167. The molecule has 2 heterocycles. The molecule has 0 saturated carbocycles. The standard InChI is InChI=1S/C19H16N2O5S2/c1-25-17(23)12-5-7-13(8-6-12)20-19-21(11-14-4-3-9-27-14)16(22)10-15(28-19)18(24)26-2/h3-10H,11H2,1-2H3. The van der Waals surface area contributed by atoms with Gasteiger partial charge >= 0.3 is 11.9 Å². The zero-order valence-electron chi connectivity index (χ0n) is 15.1. The van der Waals surface area contributed by atoms with Crippen LogP contribution in [0.1, 0.15) is 24.9 Å². The van der Waals surface area contributed by atoms with Crippen LogP contribution < -0.4 is 10.4 Å². The zero-order valence-corrected chi connectivity index (χ0v) is 16.7. The molecule has 7 nitrogen and oxygen atoms in total. The fourth-order valence-electron chi connectivity index (χ4n) is 2.36. The van der Waals surface area contributed by atoms with Gasteiger partial charge in [-0.15, -0.1) is 11.3 Å². The Morgan fingerprint density at radius 3 is 2.39 bits per heavy atom. The van der Waals surface area contributed by atoms with Crippen molar-refractivity contribution in [3.05, 3.63) is 78.3 Å². The highest BCUT2D eigenvalue weighted by atomic mass is 32.1. The maximum Gasteiger partial charge on any atom is 0.348 e. The largest absolute Gasteiger partial charge is 0.465 e. The summed E-state index contributed by atoms with van der Waals surface area (Å²) in [5.41, 5.74) is 0.576. The number of aromatic nitrogens is 1. The lowest BCUT2D eigenvalue weighted by molar-refractivity contribution is 0.0594. The topological polar surface area (TPSA) is 87.0 Å². The Labute approximate surface area is 168 Å². The number of ether oxygens (including phenoxy) is 2. The molecule has 9 heteroatoms. The monoisotopic (exact) mass is 416 g/mol. The van der Waals surface area contributed by atoms with Gasteiger partial charge in [0.15, 0.2) is 4.80 Å². The molecular formula is C19H16N2O5S2. The third-order valence-corrected chi connectivity index (χ3v) is 5.61. The number of hydrogen-bond acceptors (Lipinski definition) is 8. The Morgan fingerprint density at radius 2 is 1.79 bits per heavy atom. The first kappa shape index (κ1) is 19.7. The summed E-state index contributed by atoms with van der Waals surface area (Å²) in [6, 6.07) is 11.5. The summed E-state index contributed by atoms with van der Waals surface area (Å²) >= 11 is 2.59. The lowest BCUT2D eigenvalue weighted by Gasteiger charge is -2.06. The molecule has 3 rings (SSSR count). The summed E-state index contributed by atoms with van der Waals surface area (Å²) in [7, 11) is 2.57. The molecule has 2 aromatic heterocycles. The van der Waals surface area contributed by atoms with E-state index < -0.39 is 11.9 Å². The molecule has 0 atom stereocenters. The normalized spacial score (nSPS) is 11.3. The summed E-state index contributed by atoms with van der Waals surface area (Å²) in [6.07, 6.45) is 0. The molecule has 0 N–H and O–H groups in total. The van der Waals surface area contributed by atoms with Crippen LogP contribution in [0.25, 0.3) is 0 Å². The molecule has 0 radical (unpaired) electrons. The van der Waals surface area contributed by atoms with Crippen LogP contribution in [0.3, 0.4) is 0 Å². The second kappa shape index (κ2) is 8.77. The zero-order chi connectivity index (χ0) is 20.1. The van der Waals surface area contributed by atoms with Crippen molar-refractivity contribution in [3.63, 3.8) is 0 Å². The number of benzene rings is 1. The molecule has 1 aromatic carbocycles. The average molecular weight is 416 g/mol. The average Bonchev–Trinajstić information content (AvgIpc) is 3.23. The van der Waals surface area contributed by atoms with Crippen molar-refractivity contribution in [1.82, 2.24) is 4.57 Å². The van der Waals surface area contributed by atoms with E-state index in [1.54, 1.807) is 24.3 Å². The smallest absolute Gasteiger partial charge is 0.348 e. The third-order valence-electron chi connectivity index (χ3n) is 3.75. The van der Waals surface area contributed by atoms with Crippen LogP contribution in [0.2, 0.25) is 0 Å². The van der Waals surface area contributed by atoms with Crippen LogP contribution in [0.5, 0.6) is 0 Å². The minimum Gasteiger partial charge on any atom is -0.465 e. The predicted octanol–water partition coefficient (Wildman–Crippen LogP) is 2.83. The Hall–Kier alpha value is -3.04. The number of carbonyl (C=O) groups is 2. The van der Waals surface area contributed by atoms with Crippen molar-refractivity contribution >= 4 is 40.3 Å². The van der Waals surface area contributed by atoms with Crippen LogP contribution in [0, 0.1) is 0 Å². The van der Waals surface area contributed by atoms with Crippen LogP contribution in [0.15, 0.2) is 57.6 Å². The molecular weight excluding hydrogens is 400 g/mol. The van der Waals surface area contributed by atoms with E-state index in [1.165, 1.54) is 36.2 Å². The van der Waals surface area contributed by atoms with E-state index in [0.717, 1.165) is 16.2 Å². The van der Waals surface area contributed by atoms with Gasteiger partial charge in [0.25, 0.3) is 5.56 Å². The van der Waals surface area contributed by atoms with Gasteiger partial charge in [-0.25, -0.2) is 14.6 Å². The summed E-state index contributed by atoms with van der Waals surface area (Å²) < 4.78 is 10.9. The van der Waals surface area contributed by atoms with Crippen LogP contribution in [-0.2, 0) is 16.0 Å². The van der Waals surface area contributed by atoms with E-state index >= 15 is 0 Å². The molecule has 0 fully saturated rings. The highest BCUT2D eigenvalue weighted by molar-refractivity contribution is 7.11. The van der Waals surface area contributed by atoms with Crippen molar-refractivity contribution in [2.24, 2.45) is 4.99 Å². The van der Waals surface area contributed by atoms with Crippen molar-refractivity contribution in [3.8, 4) is 0 Å². The number of carbonyl (C=O) groups excluding carboxylic acids is 2. The second-order valence-corrected chi connectivity index (χ2v) is 7.58. The van der Waals surface area contributed by atoms with Crippen molar-refractivity contribution in [1.29, 1.82) is 0 Å². The molecule has 0 aliphatic carbocycles. The number of esters is 2. The molecule has 28 heavy (non-hydrogen) atoms. The van der Waals surface area contributed by atoms with Crippen molar-refractivity contribution in [2.45, 2.75) is 6.54 Å². The SMILES string of the molecule is COC(=O)c1ccc(N=c2sc(C(=O)OC)cc(=O)n2Cc2cccs2)cc1. The first-order chi connectivity index (χ1) is 13.5. The highest BCUT2D eigenvalue weighted by Crippen LogP contribution is 2.14. The molecule has 3 aromatic rings. The van der Waals surface area contributed by atoms with Gasteiger partial charge < -0.3 is 9.47 Å². The lowest BCUT2D eigenvalue weighted by Crippen LogP contribution is -2.32. The number of hydrogen-bond donors (Lipinski definition) is 0. The van der Waals surface area contributed by atoms with Gasteiger partial charge in [-0.1, -0.05) is 17.4 Å². The predicted molar refractivity (Wildman–Crippen MR) is 106 cm³/mol. The molecule has 144 valence electrons. The van der Waals surface area contributed by atoms with Crippen molar-refractivity contribution < 1.29 is 19.1 Å². The quantitative estimate of drug-likeness (QED) is 0.597. The van der Waals surface area contributed by atoms with E-state index in [-0.39, 0.29) is 10.4 Å². The maximum atomic E-state index is 12.6. The summed E-state index contributed by atoms with van der Waals surface area (Å²) in [6.45, 7) is 0.341. The molecule has 0 aliphatic rings. The van der Waals surface area contributed by atoms with E-state index in [0.29, 0.717) is 22.6 Å². The third kappa shape index (κ3) is 4.44. The van der Waals surface area contributed by atoms with Gasteiger partial charge in [-0.3, -0.25) is 9.36 Å². The first-order valence-electron chi connectivity index (χ1n) is 8.10. The summed E-state index contributed by atoms with van der Waals surface area (Å²) in [4.78, 5) is 42.1. The summed E-state index contributed by atoms with van der Waals surface area (Å²) in [5.74, 6) is -1.04. The van der Waals surface area contributed by atoms with Crippen LogP contribution in [0.4, 0.5) is 5.69 Å². The Morgan fingerprint density at radius 1 is 1.07 bits per heavy atom. The molecule has 0 amide bonds. The number of rotatable bonds is 5. The maximum absolute atomic E-state index is 12.6. The second-order valence-electron chi connectivity index (χ2n) is 5.54. The van der Waals surface area contributed by atoms with Gasteiger partial charge in [0.05, 0.1) is 32.0 Å². The molecule has 0 unspecified atom stereocenters. The lowest BCUT2D eigenvalue weighted by atomic mass is 10.2. The van der Waals surface area contributed by atoms with Gasteiger partial charge in [0.1, 0.15) is 4.88 Å². The number of thiophene rings is 1. The van der Waals surface area contributed by atoms with Gasteiger partial charge in [0.2, 0.25) is 0 Å². The molecule has 0 spiro atoms. The number of nitrogens with zero attached hydrogens (tertiary/aromatic N) is 2. The van der Waals surface area contributed by atoms with Crippen LogP contribution >= 0.6 is 22.7 Å². The Kier molecular flexibility index (Phi) is 6.17. The van der Waals surface area contributed by atoms with E-state index in [2.05, 4.69) is 9.73 Å². The molecule has 0 bridgehead atoms. The fraction of sp³-hybridized carbons (Fsp3) is 0.158. The Balaban J connectivity index is 2.11.